The number of anilines is 2. The number of azide groups is 2. The largest absolute Gasteiger partial charge is 0.390 e. The number of hydrogen-bond acceptors (Lipinski definition) is 11. The minimum Gasteiger partial charge on any atom is -0.390 e. The van der Waals surface area contributed by atoms with Crippen LogP contribution < -0.4 is 22.8 Å². The maximum atomic E-state index is 14.8. The second kappa shape index (κ2) is 11.5. The molecule has 2 saturated heterocycles. The third-order valence-electron chi connectivity index (χ3n) is 8.09. The predicted molar refractivity (Wildman–Crippen MR) is 145 cm³/mol. The third-order valence-corrected chi connectivity index (χ3v) is 8.09. The SMILES string of the molecule is CC[C@@]1(F)O[C@@H](n2ccc(N)nc2=O)[C@](C)(N=[N+]=[N-])[C@@H]1C.C[C@H]1[C@@](C)(N=[N+]=[N-])[C@H](n2ccc(N)nc2=O)O[C@]1(F)CO. The highest BCUT2D eigenvalue weighted by atomic mass is 19.2. The van der Waals surface area contributed by atoms with Gasteiger partial charge in [-0.05, 0) is 37.0 Å². The highest BCUT2D eigenvalue weighted by molar-refractivity contribution is 5.25. The van der Waals surface area contributed by atoms with Crippen LogP contribution in [0.3, 0.4) is 0 Å². The van der Waals surface area contributed by atoms with E-state index in [0.717, 1.165) is 9.13 Å². The quantitative estimate of drug-likeness (QED) is 0.252. The molecular formula is C23H32F2N12O5. The summed E-state index contributed by atoms with van der Waals surface area (Å²) in [6.45, 7) is 6.72. The molecule has 2 aliphatic heterocycles. The minimum atomic E-state index is -2.44. The van der Waals surface area contributed by atoms with Gasteiger partial charge in [-0.15, -0.1) is 0 Å². The summed E-state index contributed by atoms with van der Waals surface area (Å²) in [5, 5.41) is 16.5. The summed E-state index contributed by atoms with van der Waals surface area (Å²) in [5.41, 5.74) is 24.2. The topological polar surface area (TPSA) is 258 Å². The number of aliphatic hydroxyl groups is 1. The van der Waals surface area contributed by atoms with E-state index in [2.05, 4.69) is 30.0 Å². The molecule has 0 bridgehead atoms. The van der Waals surface area contributed by atoms with E-state index in [0.29, 0.717) is 0 Å². The van der Waals surface area contributed by atoms with E-state index in [1.807, 2.05) is 0 Å². The number of aromatic nitrogens is 4. The maximum absolute atomic E-state index is 14.8. The van der Waals surface area contributed by atoms with Crippen molar-refractivity contribution in [2.24, 2.45) is 22.1 Å². The summed E-state index contributed by atoms with van der Waals surface area (Å²) in [6, 6.07) is 2.74. The monoisotopic (exact) mass is 594 g/mol. The van der Waals surface area contributed by atoms with Gasteiger partial charge in [-0.1, -0.05) is 31.0 Å². The first kappa shape index (κ1) is 32.2. The molecule has 2 aromatic rings. The molecule has 4 rings (SSSR count). The molecule has 2 fully saturated rings. The third kappa shape index (κ3) is 5.35. The lowest BCUT2D eigenvalue weighted by Crippen LogP contribution is -2.42. The van der Waals surface area contributed by atoms with Crippen LogP contribution in [0.1, 0.15) is 53.5 Å². The van der Waals surface area contributed by atoms with E-state index in [9.17, 15) is 23.5 Å². The van der Waals surface area contributed by atoms with Crippen LogP contribution in [0.4, 0.5) is 20.4 Å². The Morgan fingerprint density at radius 2 is 1.31 bits per heavy atom. The molecule has 2 aliphatic rings. The number of aliphatic hydroxyl groups excluding tert-OH is 1. The zero-order chi connectivity index (χ0) is 31.7. The number of hydrogen-bond donors (Lipinski definition) is 3. The van der Waals surface area contributed by atoms with Crippen molar-refractivity contribution in [3.8, 4) is 0 Å². The van der Waals surface area contributed by atoms with Crippen molar-refractivity contribution in [3.63, 3.8) is 0 Å². The molecule has 2 aromatic heterocycles. The molecule has 5 N–H and O–H groups in total. The fraction of sp³-hybridized carbons (Fsp3) is 0.652. The molecule has 0 aliphatic carbocycles. The van der Waals surface area contributed by atoms with E-state index in [1.165, 1.54) is 38.4 Å². The van der Waals surface area contributed by atoms with Gasteiger partial charge >= 0.3 is 11.4 Å². The van der Waals surface area contributed by atoms with Gasteiger partial charge in [0.15, 0.2) is 12.5 Å². The second-order valence-electron chi connectivity index (χ2n) is 10.4. The first-order valence-electron chi connectivity index (χ1n) is 12.7. The predicted octanol–water partition coefficient (Wildman–Crippen LogP) is 2.85. The highest BCUT2D eigenvalue weighted by Crippen LogP contribution is 2.53. The average molecular weight is 595 g/mol. The summed E-state index contributed by atoms with van der Waals surface area (Å²) in [7, 11) is 0. The number of ether oxygens (including phenoxy) is 2. The molecule has 0 spiro atoms. The van der Waals surface area contributed by atoms with Gasteiger partial charge in [0.1, 0.15) is 18.2 Å². The van der Waals surface area contributed by atoms with Crippen LogP contribution in [0.2, 0.25) is 0 Å². The molecule has 0 aromatic carbocycles. The van der Waals surface area contributed by atoms with Crippen LogP contribution in [-0.2, 0) is 9.47 Å². The number of nitrogens with zero attached hydrogens (tertiary/aromatic N) is 10. The molecule has 0 amide bonds. The normalized spacial score (nSPS) is 35.4. The van der Waals surface area contributed by atoms with Crippen LogP contribution in [0.25, 0.3) is 20.9 Å². The first-order valence-corrected chi connectivity index (χ1v) is 12.7. The van der Waals surface area contributed by atoms with Crippen LogP contribution >= 0.6 is 0 Å². The van der Waals surface area contributed by atoms with Gasteiger partial charge in [-0.25, -0.2) is 18.4 Å². The Morgan fingerprint density at radius 3 is 1.64 bits per heavy atom. The first-order chi connectivity index (χ1) is 19.6. The standard InChI is InChI=1S/C12H17FN6O2.C11H15FN6O3/c1-4-12(13)7(2)11(3,17-18-15)9(21-12)19-6-5-8(14)16-10(19)20;1-6-10(2,16-17-14)8(21-11(6,12)5-19)18-4-3-7(13)15-9(18)20/h5-7,9H,4H2,1-3H3,(H2,14,16,20);3-4,6,8,19H,5H2,1-2H3,(H2,13,15,20)/t7-,9+,11+,12+;6-,8+,10+,11+/m00/s1. The second-order valence-corrected chi connectivity index (χ2v) is 10.4. The zero-order valence-electron chi connectivity index (χ0n) is 23.5. The molecule has 42 heavy (non-hydrogen) atoms. The Hall–Kier alpha value is -4.28. The lowest BCUT2D eigenvalue weighted by atomic mass is 9.83. The fourth-order valence-corrected chi connectivity index (χ4v) is 5.03. The summed E-state index contributed by atoms with van der Waals surface area (Å²) < 4.78 is 42.1. The average Bonchev–Trinajstić information content (AvgIpc) is 3.25. The molecule has 228 valence electrons. The van der Waals surface area contributed by atoms with Gasteiger partial charge in [0, 0.05) is 40.5 Å². The van der Waals surface area contributed by atoms with Crippen molar-refractivity contribution in [2.75, 3.05) is 18.1 Å². The van der Waals surface area contributed by atoms with Gasteiger partial charge < -0.3 is 26.0 Å². The molecule has 0 radical (unpaired) electrons. The minimum absolute atomic E-state index is 0.00135. The molecule has 0 unspecified atom stereocenters. The number of nitrogens with two attached hydrogens (primary N) is 2. The molecule has 8 atom stereocenters. The van der Waals surface area contributed by atoms with Crippen molar-refractivity contribution in [3.05, 3.63) is 66.4 Å². The van der Waals surface area contributed by atoms with E-state index < -0.39 is 65.1 Å². The summed E-state index contributed by atoms with van der Waals surface area (Å²) in [6.07, 6.45) is 0.360. The molecule has 0 saturated carbocycles. The van der Waals surface area contributed by atoms with E-state index >= 15 is 0 Å². The Morgan fingerprint density at radius 1 is 0.929 bits per heavy atom. The van der Waals surface area contributed by atoms with E-state index in [-0.39, 0.29) is 18.1 Å². The molecule has 4 heterocycles. The maximum Gasteiger partial charge on any atom is 0.351 e. The van der Waals surface area contributed by atoms with E-state index in [4.69, 9.17) is 32.0 Å². The van der Waals surface area contributed by atoms with Gasteiger partial charge in [0.05, 0.1) is 11.1 Å². The Bertz CT molecular complexity index is 1430. The van der Waals surface area contributed by atoms with E-state index in [1.54, 1.807) is 20.8 Å². The van der Waals surface area contributed by atoms with Gasteiger partial charge in [0.25, 0.3) is 0 Å². The lowest BCUT2D eigenvalue weighted by Gasteiger charge is -2.29. The number of halogens is 2. The van der Waals surface area contributed by atoms with Gasteiger partial charge in [-0.2, -0.15) is 9.97 Å². The summed E-state index contributed by atoms with van der Waals surface area (Å²) in [5.74, 6) is -6.10. The van der Waals surface area contributed by atoms with Crippen molar-refractivity contribution in [2.45, 2.75) is 76.3 Å². The Kier molecular flexibility index (Phi) is 8.86. The number of nitrogen functional groups attached to an aromatic ring is 2. The Labute approximate surface area is 237 Å². The number of alkyl halides is 2. The molecule has 17 nitrogen and oxygen atoms in total. The smallest absolute Gasteiger partial charge is 0.351 e. The van der Waals surface area contributed by atoms with Crippen molar-refractivity contribution in [1.29, 1.82) is 0 Å². The van der Waals surface area contributed by atoms with Crippen LogP contribution in [0, 0.1) is 11.8 Å². The Balaban J connectivity index is 0.000000230. The highest BCUT2D eigenvalue weighted by Gasteiger charge is 2.62. The van der Waals surface area contributed by atoms with Crippen LogP contribution in [-0.4, -0.2) is 53.6 Å². The van der Waals surface area contributed by atoms with Crippen LogP contribution in [0.15, 0.2) is 44.3 Å². The van der Waals surface area contributed by atoms with Crippen molar-refractivity contribution >= 4 is 11.6 Å². The van der Waals surface area contributed by atoms with Crippen molar-refractivity contribution in [1.82, 2.24) is 19.1 Å². The number of rotatable bonds is 6. The molecule has 19 heteroatoms. The van der Waals surface area contributed by atoms with Gasteiger partial charge in [-0.3, -0.25) is 9.13 Å². The fourth-order valence-electron chi connectivity index (χ4n) is 5.03. The van der Waals surface area contributed by atoms with Crippen molar-refractivity contribution < 1.29 is 23.4 Å². The zero-order valence-corrected chi connectivity index (χ0v) is 23.5. The van der Waals surface area contributed by atoms with Crippen LogP contribution in [0.5, 0.6) is 0 Å². The summed E-state index contributed by atoms with van der Waals surface area (Å²) >= 11 is 0. The lowest BCUT2D eigenvalue weighted by molar-refractivity contribution is -0.192. The summed E-state index contributed by atoms with van der Waals surface area (Å²) in [4.78, 5) is 36.5. The van der Waals surface area contributed by atoms with Gasteiger partial charge in [0.2, 0.25) is 11.7 Å². The molecular weight excluding hydrogens is 562 g/mol.